The van der Waals surface area contributed by atoms with Gasteiger partial charge in [0.2, 0.25) is 0 Å². The Morgan fingerprint density at radius 3 is 2.50 bits per heavy atom. The lowest BCUT2D eigenvalue weighted by molar-refractivity contribution is -0.107. The number of phenolic OH excluding ortho intramolecular Hbond substituents is 1. The average molecular weight is 274 g/mol. The van der Waals surface area contributed by atoms with Gasteiger partial charge in [0.1, 0.15) is 11.5 Å². The number of rotatable bonds is 5. The second kappa shape index (κ2) is 5.36. The van der Waals surface area contributed by atoms with E-state index < -0.39 is 27.5 Å². The Morgan fingerprint density at radius 1 is 1.44 bits per heavy atom. The maximum atomic E-state index is 11.2. The topological polar surface area (TPSA) is 101 Å². The lowest BCUT2D eigenvalue weighted by Crippen LogP contribution is -2.13. The number of benzene rings is 1. The molecule has 0 fully saturated rings. The molecule has 0 aromatic heterocycles. The molecule has 0 saturated heterocycles. The molecule has 1 aromatic carbocycles. The highest BCUT2D eigenvalue weighted by molar-refractivity contribution is 7.86. The standard InChI is InChI=1S/C11H14O6S/c1-7-5-8(11(13)9(6-7)17-2)10(3-4-12)18(14,15)16/h4-6,10,13H,3H2,1-2H3,(H,14,15,16). The van der Waals surface area contributed by atoms with E-state index in [-0.39, 0.29) is 11.3 Å². The molecule has 1 atom stereocenters. The molecule has 1 unspecified atom stereocenters. The fraction of sp³-hybridized carbons (Fsp3) is 0.364. The summed E-state index contributed by atoms with van der Waals surface area (Å²) in [7, 11) is -3.17. The van der Waals surface area contributed by atoms with Crippen LogP contribution in [0.4, 0.5) is 0 Å². The smallest absolute Gasteiger partial charge is 0.272 e. The van der Waals surface area contributed by atoms with Gasteiger partial charge in [0.15, 0.2) is 11.5 Å². The number of carbonyl (C=O) groups is 1. The number of hydrogen-bond donors (Lipinski definition) is 2. The number of phenols is 1. The van der Waals surface area contributed by atoms with Crippen LogP contribution in [0.25, 0.3) is 0 Å². The number of hydrogen-bond acceptors (Lipinski definition) is 5. The van der Waals surface area contributed by atoms with Crippen molar-refractivity contribution in [2.45, 2.75) is 18.6 Å². The Balaban J connectivity index is 3.45. The minimum atomic E-state index is -4.49. The SMILES string of the molecule is COc1cc(C)cc(C(CC=O)S(=O)(=O)O)c1O. The minimum Gasteiger partial charge on any atom is -0.504 e. The Bertz CT molecular complexity index is 549. The van der Waals surface area contributed by atoms with Gasteiger partial charge in [-0.05, 0) is 18.6 Å². The van der Waals surface area contributed by atoms with Gasteiger partial charge < -0.3 is 14.6 Å². The molecule has 7 heteroatoms. The molecule has 100 valence electrons. The second-order valence-corrected chi connectivity index (χ2v) is 5.41. The molecule has 0 radical (unpaired) electrons. The van der Waals surface area contributed by atoms with Crippen LogP contribution in [0.5, 0.6) is 11.5 Å². The molecule has 2 N–H and O–H groups in total. The van der Waals surface area contributed by atoms with Crippen LogP contribution in [-0.2, 0) is 14.9 Å². The van der Waals surface area contributed by atoms with Crippen molar-refractivity contribution < 1.29 is 27.6 Å². The van der Waals surface area contributed by atoms with Crippen LogP contribution in [0.3, 0.4) is 0 Å². The molecule has 0 heterocycles. The van der Waals surface area contributed by atoms with Crippen molar-refractivity contribution in [1.82, 2.24) is 0 Å². The van der Waals surface area contributed by atoms with Crippen molar-refractivity contribution in [2.75, 3.05) is 7.11 Å². The van der Waals surface area contributed by atoms with Crippen LogP contribution in [0.1, 0.15) is 22.8 Å². The second-order valence-electron chi connectivity index (χ2n) is 3.81. The van der Waals surface area contributed by atoms with E-state index in [1.807, 2.05) is 0 Å². The summed E-state index contributed by atoms with van der Waals surface area (Å²) < 4.78 is 36.5. The van der Waals surface area contributed by atoms with Crippen LogP contribution in [0.15, 0.2) is 12.1 Å². The molecular weight excluding hydrogens is 260 g/mol. The van der Waals surface area contributed by atoms with E-state index in [0.29, 0.717) is 11.8 Å². The van der Waals surface area contributed by atoms with Crippen molar-refractivity contribution in [1.29, 1.82) is 0 Å². The number of aryl methyl sites for hydroxylation is 1. The summed E-state index contributed by atoms with van der Waals surface area (Å²) in [5.74, 6) is -0.308. The first kappa shape index (κ1) is 14.5. The van der Waals surface area contributed by atoms with Crippen LogP contribution in [-0.4, -0.2) is 31.5 Å². The zero-order valence-corrected chi connectivity index (χ0v) is 10.8. The van der Waals surface area contributed by atoms with Gasteiger partial charge in [0, 0.05) is 12.0 Å². The van der Waals surface area contributed by atoms with Crippen LogP contribution >= 0.6 is 0 Å². The molecule has 0 bridgehead atoms. The molecular formula is C11H14O6S. The molecule has 1 aromatic rings. The zero-order valence-electron chi connectivity index (χ0n) is 9.95. The fourth-order valence-electron chi connectivity index (χ4n) is 1.67. The van der Waals surface area contributed by atoms with Gasteiger partial charge in [0.25, 0.3) is 10.1 Å². The first-order valence-corrected chi connectivity index (χ1v) is 6.59. The highest BCUT2D eigenvalue weighted by atomic mass is 32.2. The Morgan fingerprint density at radius 2 is 2.06 bits per heavy atom. The summed E-state index contributed by atoms with van der Waals surface area (Å²) >= 11 is 0. The minimum absolute atomic E-state index is 0.0542. The summed E-state index contributed by atoms with van der Waals surface area (Å²) in [6.45, 7) is 1.67. The van der Waals surface area contributed by atoms with Gasteiger partial charge in [-0.2, -0.15) is 8.42 Å². The largest absolute Gasteiger partial charge is 0.504 e. The highest BCUT2D eigenvalue weighted by Gasteiger charge is 2.29. The third-order valence-electron chi connectivity index (χ3n) is 2.49. The van der Waals surface area contributed by atoms with Crippen molar-refractivity contribution >= 4 is 16.4 Å². The van der Waals surface area contributed by atoms with Crippen LogP contribution < -0.4 is 4.74 Å². The van der Waals surface area contributed by atoms with E-state index >= 15 is 0 Å². The van der Waals surface area contributed by atoms with Gasteiger partial charge in [-0.3, -0.25) is 4.55 Å². The Kier molecular flexibility index (Phi) is 4.31. The summed E-state index contributed by atoms with van der Waals surface area (Å²) in [4.78, 5) is 10.5. The number of carbonyl (C=O) groups excluding carboxylic acids is 1. The molecule has 0 saturated carbocycles. The normalized spacial score (nSPS) is 13.1. The van der Waals surface area contributed by atoms with E-state index in [0.717, 1.165) is 0 Å². The molecule has 0 spiro atoms. The molecule has 0 aliphatic carbocycles. The molecule has 6 nitrogen and oxygen atoms in total. The number of methoxy groups -OCH3 is 1. The first-order valence-electron chi connectivity index (χ1n) is 5.08. The number of aromatic hydroxyl groups is 1. The predicted octanol–water partition coefficient (Wildman–Crippen LogP) is 1.23. The van der Waals surface area contributed by atoms with Crippen molar-refractivity contribution in [2.24, 2.45) is 0 Å². The lowest BCUT2D eigenvalue weighted by Gasteiger charge is -2.16. The molecule has 0 aliphatic heterocycles. The monoisotopic (exact) mass is 274 g/mol. The molecule has 0 aliphatic rings. The maximum absolute atomic E-state index is 11.2. The van der Waals surface area contributed by atoms with Gasteiger partial charge in [0.05, 0.1) is 7.11 Å². The van der Waals surface area contributed by atoms with Gasteiger partial charge in [-0.1, -0.05) is 6.07 Å². The molecule has 0 amide bonds. The Labute approximate surface area is 105 Å². The van der Waals surface area contributed by atoms with E-state index in [1.54, 1.807) is 6.92 Å². The molecule has 18 heavy (non-hydrogen) atoms. The first-order chi connectivity index (χ1) is 8.31. The average Bonchev–Trinajstić information content (AvgIpc) is 2.27. The van der Waals surface area contributed by atoms with Crippen LogP contribution in [0.2, 0.25) is 0 Å². The fourth-order valence-corrected chi connectivity index (χ4v) is 2.49. The summed E-state index contributed by atoms with van der Waals surface area (Å²) in [5, 5.41) is 8.36. The van der Waals surface area contributed by atoms with Crippen molar-refractivity contribution in [3.63, 3.8) is 0 Å². The summed E-state index contributed by atoms with van der Waals surface area (Å²) in [6.07, 6.45) is -0.0777. The lowest BCUT2D eigenvalue weighted by atomic mass is 10.0. The van der Waals surface area contributed by atoms with Gasteiger partial charge >= 0.3 is 0 Å². The summed E-state index contributed by atoms with van der Waals surface area (Å²) in [5.41, 5.74) is 0.584. The van der Waals surface area contributed by atoms with E-state index in [4.69, 9.17) is 9.29 Å². The molecule has 1 rings (SSSR count). The van der Waals surface area contributed by atoms with Gasteiger partial charge in [-0.25, -0.2) is 0 Å². The summed E-state index contributed by atoms with van der Waals surface area (Å²) in [6, 6.07) is 2.90. The highest BCUT2D eigenvalue weighted by Crippen LogP contribution is 2.38. The Hall–Kier alpha value is -1.60. The van der Waals surface area contributed by atoms with E-state index in [9.17, 15) is 18.3 Å². The number of aldehydes is 1. The third kappa shape index (κ3) is 2.99. The third-order valence-corrected chi connectivity index (χ3v) is 3.65. The van der Waals surface area contributed by atoms with Crippen molar-refractivity contribution in [3.05, 3.63) is 23.3 Å². The number of ether oxygens (including phenoxy) is 1. The van der Waals surface area contributed by atoms with E-state index in [1.165, 1.54) is 19.2 Å². The maximum Gasteiger partial charge on any atom is 0.272 e. The van der Waals surface area contributed by atoms with Crippen molar-refractivity contribution in [3.8, 4) is 11.5 Å². The van der Waals surface area contributed by atoms with E-state index in [2.05, 4.69) is 0 Å². The van der Waals surface area contributed by atoms with Crippen LogP contribution in [0, 0.1) is 6.92 Å². The quantitative estimate of drug-likeness (QED) is 0.618. The van der Waals surface area contributed by atoms with Gasteiger partial charge in [-0.15, -0.1) is 0 Å². The zero-order chi connectivity index (χ0) is 13.9. The predicted molar refractivity (Wildman–Crippen MR) is 64.4 cm³/mol.